The molecule has 0 saturated carbocycles. The third-order valence-corrected chi connectivity index (χ3v) is 2.83. The van der Waals surface area contributed by atoms with E-state index in [1.807, 2.05) is 55.1 Å². The van der Waals surface area contributed by atoms with E-state index >= 15 is 0 Å². The molecule has 0 fully saturated rings. The fourth-order valence-corrected chi connectivity index (χ4v) is 1.66. The summed E-state index contributed by atoms with van der Waals surface area (Å²) in [5.41, 5.74) is 2.29. The molecule has 0 bridgehead atoms. The lowest BCUT2D eigenvalue weighted by molar-refractivity contribution is -0.695. The van der Waals surface area contributed by atoms with Gasteiger partial charge in [0.25, 0.3) is 0 Å². The van der Waals surface area contributed by atoms with Gasteiger partial charge in [-0.3, -0.25) is 4.79 Å². The summed E-state index contributed by atoms with van der Waals surface area (Å²) in [6.45, 7) is 4.67. The lowest BCUT2D eigenvalue weighted by atomic mass is 10.3. The molecule has 0 aliphatic rings. The summed E-state index contributed by atoms with van der Waals surface area (Å²) >= 11 is 0. The van der Waals surface area contributed by atoms with Gasteiger partial charge in [-0.1, -0.05) is 6.07 Å². The molecule has 2 aromatic heterocycles. The van der Waals surface area contributed by atoms with E-state index in [1.165, 1.54) is 5.56 Å². The average Bonchev–Trinajstić information content (AvgIpc) is 2.41. The molecule has 2 heterocycles. The zero-order valence-corrected chi connectivity index (χ0v) is 11.3. The highest BCUT2D eigenvalue weighted by molar-refractivity contribution is 5.89. The van der Waals surface area contributed by atoms with Crippen LogP contribution >= 0.6 is 0 Å². The second kappa shape index (κ2) is 6.09. The Labute approximate surface area is 113 Å². The Balaban J connectivity index is 1.84. The van der Waals surface area contributed by atoms with Crippen LogP contribution in [0.15, 0.2) is 42.9 Å². The van der Waals surface area contributed by atoms with Crippen LogP contribution in [-0.2, 0) is 11.3 Å². The number of aryl methyl sites for hydroxylation is 3. The summed E-state index contributed by atoms with van der Waals surface area (Å²) in [7, 11) is 0. The highest BCUT2D eigenvalue weighted by atomic mass is 16.1. The molecule has 0 aliphatic carbocycles. The van der Waals surface area contributed by atoms with Gasteiger partial charge in [0.2, 0.25) is 5.91 Å². The molecule has 4 nitrogen and oxygen atoms in total. The largest absolute Gasteiger partial charge is 0.310 e. The fourth-order valence-electron chi connectivity index (χ4n) is 1.66. The third-order valence-electron chi connectivity index (χ3n) is 2.83. The monoisotopic (exact) mass is 256 g/mol. The molecule has 4 heteroatoms. The fraction of sp³-hybridized carbons (Fsp3) is 0.267. The number of carbonyl (C=O) groups excluding carboxylic acids is 1. The molecular formula is C15H18N3O+. The van der Waals surface area contributed by atoms with Crippen molar-refractivity contribution >= 4 is 11.7 Å². The van der Waals surface area contributed by atoms with Gasteiger partial charge in [0, 0.05) is 18.3 Å². The van der Waals surface area contributed by atoms with Gasteiger partial charge in [-0.25, -0.2) is 9.55 Å². The summed E-state index contributed by atoms with van der Waals surface area (Å²) in [6, 6.07) is 7.79. The van der Waals surface area contributed by atoms with E-state index in [1.54, 1.807) is 6.20 Å². The molecule has 2 rings (SSSR count). The molecule has 1 amide bonds. The van der Waals surface area contributed by atoms with Crippen LogP contribution < -0.4 is 9.88 Å². The quantitative estimate of drug-likeness (QED) is 0.851. The SMILES string of the molecule is Cc1cc[n+](CCC(=O)Nc2ccc(C)cn2)cc1. The van der Waals surface area contributed by atoms with Gasteiger partial charge < -0.3 is 5.32 Å². The first-order chi connectivity index (χ1) is 9.13. The smallest absolute Gasteiger partial charge is 0.231 e. The average molecular weight is 256 g/mol. The van der Waals surface area contributed by atoms with E-state index in [0.717, 1.165) is 5.56 Å². The first kappa shape index (κ1) is 13.2. The van der Waals surface area contributed by atoms with Crippen molar-refractivity contribution in [3.05, 3.63) is 54.0 Å². The maximum Gasteiger partial charge on any atom is 0.231 e. The lowest BCUT2D eigenvalue weighted by Crippen LogP contribution is -2.34. The third kappa shape index (κ3) is 4.17. The van der Waals surface area contributed by atoms with E-state index in [9.17, 15) is 4.79 Å². The van der Waals surface area contributed by atoms with E-state index < -0.39 is 0 Å². The molecule has 0 aromatic carbocycles. The van der Waals surface area contributed by atoms with E-state index in [4.69, 9.17) is 0 Å². The summed E-state index contributed by atoms with van der Waals surface area (Å²) < 4.78 is 2.00. The van der Waals surface area contributed by atoms with E-state index in [0.29, 0.717) is 18.8 Å². The van der Waals surface area contributed by atoms with Crippen LogP contribution in [0.5, 0.6) is 0 Å². The van der Waals surface area contributed by atoms with Gasteiger partial charge in [-0.2, -0.15) is 0 Å². The summed E-state index contributed by atoms with van der Waals surface area (Å²) in [5, 5.41) is 2.79. The van der Waals surface area contributed by atoms with Crippen molar-refractivity contribution in [3.63, 3.8) is 0 Å². The van der Waals surface area contributed by atoms with Crippen molar-refractivity contribution < 1.29 is 9.36 Å². The van der Waals surface area contributed by atoms with Crippen molar-refractivity contribution in [2.75, 3.05) is 5.32 Å². The molecule has 0 spiro atoms. The first-order valence-electron chi connectivity index (χ1n) is 6.32. The van der Waals surface area contributed by atoms with Crippen molar-refractivity contribution in [2.24, 2.45) is 0 Å². The molecule has 0 saturated heterocycles. The molecule has 0 unspecified atom stereocenters. The summed E-state index contributed by atoms with van der Waals surface area (Å²) in [4.78, 5) is 15.9. The zero-order valence-electron chi connectivity index (χ0n) is 11.3. The minimum atomic E-state index is -0.0237. The molecular weight excluding hydrogens is 238 g/mol. The molecule has 0 radical (unpaired) electrons. The Morgan fingerprint density at radius 3 is 2.53 bits per heavy atom. The molecule has 2 aromatic rings. The van der Waals surface area contributed by atoms with Crippen LogP contribution in [0.3, 0.4) is 0 Å². The van der Waals surface area contributed by atoms with Gasteiger partial charge in [-0.05, 0) is 31.0 Å². The Hall–Kier alpha value is -2.23. The van der Waals surface area contributed by atoms with Gasteiger partial charge in [0.05, 0.1) is 6.42 Å². The molecule has 0 aliphatic heterocycles. The van der Waals surface area contributed by atoms with Crippen LogP contribution in [0.1, 0.15) is 17.5 Å². The number of aromatic nitrogens is 2. The van der Waals surface area contributed by atoms with E-state index in [2.05, 4.69) is 10.3 Å². The van der Waals surface area contributed by atoms with Crippen molar-refractivity contribution in [1.29, 1.82) is 0 Å². The number of nitrogens with zero attached hydrogens (tertiary/aromatic N) is 2. The Morgan fingerprint density at radius 2 is 1.89 bits per heavy atom. The van der Waals surface area contributed by atoms with Crippen molar-refractivity contribution in [2.45, 2.75) is 26.8 Å². The summed E-state index contributed by atoms with van der Waals surface area (Å²) in [5.74, 6) is 0.578. The maximum absolute atomic E-state index is 11.8. The van der Waals surface area contributed by atoms with Crippen LogP contribution in [0, 0.1) is 13.8 Å². The lowest BCUT2D eigenvalue weighted by Gasteiger charge is -2.03. The second-order valence-corrected chi connectivity index (χ2v) is 4.63. The van der Waals surface area contributed by atoms with E-state index in [-0.39, 0.29) is 5.91 Å². The molecule has 0 atom stereocenters. The number of carbonyl (C=O) groups is 1. The highest BCUT2D eigenvalue weighted by Gasteiger charge is 2.07. The van der Waals surface area contributed by atoms with Crippen molar-refractivity contribution in [1.82, 2.24) is 4.98 Å². The number of pyridine rings is 2. The molecule has 1 N–H and O–H groups in total. The standard InChI is InChI=1S/C15H17N3O/c1-12-5-8-18(9-6-12)10-7-15(19)17-14-4-3-13(2)11-16-14/h3-6,8-9,11H,7,10H2,1-2H3/p+1. The number of anilines is 1. The predicted molar refractivity (Wildman–Crippen MR) is 73.6 cm³/mol. The van der Waals surface area contributed by atoms with Crippen molar-refractivity contribution in [3.8, 4) is 0 Å². The van der Waals surface area contributed by atoms with Gasteiger partial charge in [0.1, 0.15) is 5.82 Å². The number of rotatable bonds is 4. The predicted octanol–water partition coefficient (Wildman–Crippen LogP) is 2.01. The first-order valence-corrected chi connectivity index (χ1v) is 6.32. The van der Waals surface area contributed by atoms with Gasteiger partial charge in [0.15, 0.2) is 18.9 Å². The number of amides is 1. The topological polar surface area (TPSA) is 45.9 Å². The zero-order chi connectivity index (χ0) is 13.7. The maximum atomic E-state index is 11.8. The van der Waals surface area contributed by atoms with Crippen LogP contribution in [0.4, 0.5) is 5.82 Å². The number of nitrogens with one attached hydrogen (secondary N) is 1. The van der Waals surface area contributed by atoms with Crippen LogP contribution in [0.2, 0.25) is 0 Å². The molecule has 98 valence electrons. The normalized spacial score (nSPS) is 10.2. The molecule has 19 heavy (non-hydrogen) atoms. The number of hydrogen-bond acceptors (Lipinski definition) is 2. The van der Waals surface area contributed by atoms with Crippen LogP contribution in [0.25, 0.3) is 0 Å². The van der Waals surface area contributed by atoms with Gasteiger partial charge in [-0.15, -0.1) is 0 Å². The minimum Gasteiger partial charge on any atom is -0.310 e. The Morgan fingerprint density at radius 1 is 1.16 bits per heavy atom. The highest BCUT2D eigenvalue weighted by Crippen LogP contribution is 2.04. The Bertz CT molecular complexity index is 547. The summed E-state index contributed by atoms with van der Waals surface area (Å²) in [6.07, 6.45) is 6.13. The minimum absolute atomic E-state index is 0.0237. The second-order valence-electron chi connectivity index (χ2n) is 4.63. The van der Waals surface area contributed by atoms with Crippen LogP contribution in [-0.4, -0.2) is 10.9 Å². The Kier molecular flexibility index (Phi) is 4.23. The van der Waals surface area contributed by atoms with Gasteiger partial charge >= 0.3 is 0 Å². The number of hydrogen-bond donors (Lipinski definition) is 1.